The molecule has 0 unspecified atom stereocenters. The van der Waals surface area contributed by atoms with Crippen LogP contribution < -0.4 is 11.1 Å². The Hall–Kier alpha value is -1.47. The number of ether oxygens (including phenoxy) is 1. The highest BCUT2D eigenvalue weighted by Gasteiger charge is 2.03. The first-order valence-corrected chi connectivity index (χ1v) is 5.11. The largest absolute Gasteiger partial charge is 0.370 e. The predicted molar refractivity (Wildman–Crippen MR) is 57.6 cm³/mol. The number of aryl methyl sites for hydroxylation is 1. The van der Waals surface area contributed by atoms with Gasteiger partial charge in [-0.2, -0.15) is 0 Å². The minimum atomic E-state index is -0.143. The van der Waals surface area contributed by atoms with Crippen molar-refractivity contribution in [2.24, 2.45) is 12.8 Å². The number of aromatic nitrogens is 3. The Morgan fingerprint density at radius 3 is 3.12 bits per heavy atom. The quantitative estimate of drug-likeness (QED) is 0.550. The van der Waals surface area contributed by atoms with Crippen molar-refractivity contribution in [3.63, 3.8) is 0 Å². The highest BCUT2D eigenvalue weighted by molar-refractivity contribution is 5.77. The average molecular weight is 227 g/mol. The minimum absolute atomic E-state index is 0.0516. The molecule has 16 heavy (non-hydrogen) atoms. The number of amides is 1. The molecule has 0 aliphatic heterocycles. The van der Waals surface area contributed by atoms with Crippen molar-refractivity contribution in [3.05, 3.63) is 12.2 Å². The Bertz CT molecular complexity index is 325. The normalized spacial score (nSPS) is 10.4. The SMILES string of the molecule is Cn1cnnc1CCNC(=O)COCCN. The molecule has 3 N–H and O–H groups in total. The van der Waals surface area contributed by atoms with Gasteiger partial charge < -0.3 is 20.4 Å². The van der Waals surface area contributed by atoms with Gasteiger partial charge in [-0.25, -0.2) is 0 Å². The molecule has 1 aromatic heterocycles. The summed E-state index contributed by atoms with van der Waals surface area (Å²) in [6.07, 6.45) is 2.28. The molecule has 0 aromatic carbocycles. The molecular weight excluding hydrogens is 210 g/mol. The number of rotatable bonds is 7. The number of carbonyl (C=O) groups excluding carboxylic acids is 1. The molecule has 0 aliphatic carbocycles. The molecule has 1 amide bonds. The maximum absolute atomic E-state index is 11.2. The number of nitrogens with one attached hydrogen (secondary N) is 1. The fraction of sp³-hybridized carbons (Fsp3) is 0.667. The van der Waals surface area contributed by atoms with E-state index in [4.69, 9.17) is 10.5 Å². The molecule has 0 atom stereocenters. The fourth-order valence-corrected chi connectivity index (χ4v) is 1.15. The molecule has 7 heteroatoms. The summed E-state index contributed by atoms with van der Waals surface area (Å²) in [4.78, 5) is 11.2. The zero-order valence-corrected chi connectivity index (χ0v) is 9.35. The van der Waals surface area contributed by atoms with Crippen molar-refractivity contribution in [1.29, 1.82) is 0 Å². The Kier molecular flexibility index (Phi) is 5.44. The van der Waals surface area contributed by atoms with Gasteiger partial charge in [-0.15, -0.1) is 10.2 Å². The Morgan fingerprint density at radius 1 is 1.69 bits per heavy atom. The first kappa shape index (κ1) is 12.6. The van der Waals surface area contributed by atoms with Gasteiger partial charge in [-0.05, 0) is 0 Å². The van der Waals surface area contributed by atoms with Crippen molar-refractivity contribution in [2.75, 3.05) is 26.3 Å². The highest BCUT2D eigenvalue weighted by Crippen LogP contribution is 1.91. The van der Waals surface area contributed by atoms with Crippen molar-refractivity contribution in [2.45, 2.75) is 6.42 Å². The first-order chi connectivity index (χ1) is 7.74. The molecule has 90 valence electrons. The highest BCUT2D eigenvalue weighted by atomic mass is 16.5. The van der Waals surface area contributed by atoms with E-state index in [1.54, 1.807) is 6.33 Å². The second kappa shape index (κ2) is 6.91. The van der Waals surface area contributed by atoms with Crippen LogP contribution in [0, 0.1) is 0 Å². The van der Waals surface area contributed by atoms with Crippen LogP contribution >= 0.6 is 0 Å². The van der Waals surface area contributed by atoms with E-state index in [-0.39, 0.29) is 12.5 Å². The van der Waals surface area contributed by atoms with Gasteiger partial charge in [-0.3, -0.25) is 4.79 Å². The third-order valence-electron chi connectivity index (χ3n) is 1.97. The number of hydrogen-bond donors (Lipinski definition) is 2. The van der Waals surface area contributed by atoms with Gasteiger partial charge in [0.1, 0.15) is 18.8 Å². The molecule has 1 rings (SSSR count). The van der Waals surface area contributed by atoms with Crippen molar-refractivity contribution >= 4 is 5.91 Å². The van der Waals surface area contributed by atoms with E-state index in [1.165, 1.54) is 0 Å². The smallest absolute Gasteiger partial charge is 0.246 e. The Morgan fingerprint density at radius 2 is 2.50 bits per heavy atom. The third-order valence-corrected chi connectivity index (χ3v) is 1.97. The average Bonchev–Trinajstić information content (AvgIpc) is 2.65. The molecule has 0 fully saturated rings. The third kappa shape index (κ3) is 4.37. The molecule has 0 radical (unpaired) electrons. The van der Waals surface area contributed by atoms with Crippen LogP contribution in [-0.4, -0.2) is 47.0 Å². The second-order valence-corrected chi connectivity index (χ2v) is 3.30. The summed E-state index contributed by atoms with van der Waals surface area (Å²) in [5.41, 5.74) is 5.22. The lowest BCUT2D eigenvalue weighted by atomic mass is 10.4. The topological polar surface area (TPSA) is 95.1 Å². The van der Waals surface area contributed by atoms with Crippen LogP contribution in [0.3, 0.4) is 0 Å². The van der Waals surface area contributed by atoms with Crippen LogP contribution in [0.1, 0.15) is 5.82 Å². The predicted octanol–water partition coefficient (Wildman–Crippen LogP) is -1.55. The van der Waals surface area contributed by atoms with E-state index < -0.39 is 0 Å². The van der Waals surface area contributed by atoms with Gasteiger partial charge in [0, 0.05) is 26.6 Å². The number of carbonyl (C=O) groups is 1. The van der Waals surface area contributed by atoms with Crippen LogP contribution in [0.4, 0.5) is 0 Å². The van der Waals surface area contributed by atoms with E-state index in [1.807, 2.05) is 11.6 Å². The zero-order valence-electron chi connectivity index (χ0n) is 9.35. The van der Waals surface area contributed by atoms with Crippen LogP contribution in [0.15, 0.2) is 6.33 Å². The van der Waals surface area contributed by atoms with Crippen LogP contribution in [-0.2, 0) is 23.0 Å². The summed E-state index contributed by atoms with van der Waals surface area (Å²) in [7, 11) is 1.86. The first-order valence-electron chi connectivity index (χ1n) is 5.11. The van der Waals surface area contributed by atoms with Gasteiger partial charge in [0.2, 0.25) is 5.91 Å². The lowest BCUT2D eigenvalue weighted by Gasteiger charge is -2.05. The van der Waals surface area contributed by atoms with E-state index in [0.717, 1.165) is 5.82 Å². The summed E-state index contributed by atoms with van der Waals surface area (Å²) in [5.74, 6) is 0.693. The maximum atomic E-state index is 11.2. The molecular formula is C9H17N5O2. The fourth-order valence-electron chi connectivity index (χ4n) is 1.15. The summed E-state index contributed by atoms with van der Waals surface area (Å²) in [6, 6.07) is 0. The Labute approximate surface area is 94.0 Å². The molecule has 0 bridgehead atoms. The van der Waals surface area contributed by atoms with Crippen LogP contribution in [0.2, 0.25) is 0 Å². The summed E-state index contributed by atoms with van der Waals surface area (Å²) < 4.78 is 6.80. The minimum Gasteiger partial charge on any atom is -0.370 e. The number of hydrogen-bond acceptors (Lipinski definition) is 5. The Balaban J connectivity index is 2.11. The molecule has 0 aliphatic rings. The standard InChI is InChI=1S/C9H17N5O2/c1-14-7-12-13-8(14)2-4-11-9(15)6-16-5-3-10/h7H,2-6,10H2,1H3,(H,11,15). The molecule has 0 spiro atoms. The summed E-state index contributed by atoms with van der Waals surface area (Å²) in [5, 5.41) is 10.4. The number of nitrogens with two attached hydrogens (primary N) is 1. The van der Waals surface area contributed by atoms with E-state index >= 15 is 0 Å². The van der Waals surface area contributed by atoms with Crippen molar-refractivity contribution < 1.29 is 9.53 Å². The zero-order chi connectivity index (χ0) is 11.8. The van der Waals surface area contributed by atoms with Gasteiger partial charge in [0.15, 0.2) is 0 Å². The van der Waals surface area contributed by atoms with E-state index in [9.17, 15) is 4.79 Å². The van der Waals surface area contributed by atoms with E-state index in [2.05, 4.69) is 15.5 Å². The lowest BCUT2D eigenvalue weighted by molar-refractivity contribution is -0.125. The lowest BCUT2D eigenvalue weighted by Crippen LogP contribution is -2.30. The molecule has 0 saturated heterocycles. The van der Waals surface area contributed by atoms with Crippen molar-refractivity contribution in [1.82, 2.24) is 20.1 Å². The van der Waals surface area contributed by atoms with Gasteiger partial charge >= 0.3 is 0 Å². The molecule has 1 aromatic rings. The van der Waals surface area contributed by atoms with Crippen LogP contribution in [0.5, 0.6) is 0 Å². The van der Waals surface area contributed by atoms with Crippen LogP contribution in [0.25, 0.3) is 0 Å². The molecule has 1 heterocycles. The van der Waals surface area contributed by atoms with E-state index in [0.29, 0.717) is 26.1 Å². The maximum Gasteiger partial charge on any atom is 0.246 e. The molecule has 7 nitrogen and oxygen atoms in total. The van der Waals surface area contributed by atoms with Gasteiger partial charge in [0.25, 0.3) is 0 Å². The summed E-state index contributed by atoms with van der Waals surface area (Å²) >= 11 is 0. The monoisotopic (exact) mass is 227 g/mol. The number of nitrogens with zero attached hydrogens (tertiary/aromatic N) is 3. The second-order valence-electron chi connectivity index (χ2n) is 3.30. The van der Waals surface area contributed by atoms with Gasteiger partial charge in [0.05, 0.1) is 6.61 Å². The van der Waals surface area contributed by atoms with Gasteiger partial charge in [-0.1, -0.05) is 0 Å². The van der Waals surface area contributed by atoms with Crippen molar-refractivity contribution in [3.8, 4) is 0 Å². The molecule has 0 saturated carbocycles. The summed E-state index contributed by atoms with van der Waals surface area (Å²) in [6.45, 7) is 1.40.